The largest absolute Gasteiger partial charge is 0.397 e. The van der Waals surface area contributed by atoms with Gasteiger partial charge in [0.25, 0.3) is 5.91 Å². The molecule has 1 aromatic carbocycles. The number of rotatable bonds is 4. The number of nitrogens with two attached hydrogens (primary N) is 1. The normalized spacial score (nSPS) is 11.4. The minimum atomic E-state index is -0.479. The van der Waals surface area contributed by atoms with Crippen LogP contribution in [0.15, 0.2) is 12.1 Å². The lowest BCUT2D eigenvalue weighted by Gasteiger charge is -2.25. The number of benzene rings is 1. The van der Waals surface area contributed by atoms with Gasteiger partial charge >= 0.3 is 0 Å². The van der Waals surface area contributed by atoms with Gasteiger partial charge in [-0.3, -0.25) is 4.79 Å². The first kappa shape index (κ1) is 15.1. The van der Waals surface area contributed by atoms with Crippen LogP contribution in [0.2, 0.25) is 10.0 Å². The molecular weight excluding hydrogens is 275 g/mol. The number of carbonyl (C=O) groups excluding carboxylic acids is 1. The number of ether oxygens (including phenoxy) is 1. The second-order valence-corrected chi connectivity index (χ2v) is 5.42. The number of halogens is 2. The van der Waals surface area contributed by atoms with Crippen LogP contribution >= 0.6 is 23.2 Å². The van der Waals surface area contributed by atoms with E-state index in [2.05, 4.69) is 5.32 Å². The Balaban J connectivity index is 2.92. The number of hydrogen-bond donors (Lipinski definition) is 2. The minimum Gasteiger partial charge on any atom is -0.397 e. The van der Waals surface area contributed by atoms with Crippen LogP contribution in [0.3, 0.4) is 0 Å². The molecule has 6 heteroatoms. The molecule has 0 aromatic heterocycles. The first-order valence-electron chi connectivity index (χ1n) is 5.33. The molecular formula is C12H16Cl2N2O2. The van der Waals surface area contributed by atoms with E-state index in [1.165, 1.54) is 12.1 Å². The zero-order chi connectivity index (χ0) is 13.9. The Bertz CT molecular complexity index is 438. The summed E-state index contributed by atoms with van der Waals surface area (Å²) in [6, 6.07) is 2.98. The average molecular weight is 291 g/mol. The summed E-state index contributed by atoms with van der Waals surface area (Å²) >= 11 is 11.7. The monoisotopic (exact) mass is 290 g/mol. The van der Waals surface area contributed by atoms with Crippen LogP contribution in [-0.4, -0.2) is 25.2 Å². The standard InChI is InChI=1S/C12H16Cl2N2O2/c1-12(2,6-18-3)16-11(17)7-4-8(13)10(14)9(15)5-7/h4-5H,6,15H2,1-3H3,(H,16,17). The van der Waals surface area contributed by atoms with E-state index in [1.54, 1.807) is 7.11 Å². The van der Waals surface area contributed by atoms with Gasteiger partial charge in [-0.2, -0.15) is 0 Å². The third kappa shape index (κ3) is 3.77. The number of nitrogen functional groups attached to an aromatic ring is 1. The zero-order valence-electron chi connectivity index (χ0n) is 10.5. The van der Waals surface area contributed by atoms with Crippen molar-refractivity contribution in [1.29, 1.82) is 0 Å². The van der Waals surface area contributed by atoms with Gasteiger partial charge in [-0.05, 0) is 26.0 Å². The zero-order valence-corrected chi connectivity index (χ0v) is 12.0. The van der Waals surface area contributed by atoms with Crippen LogP contribution in [0.4, 0.5) is 5.69 Å². The van der Waals surface area contributed by atoms with Crippen molar-refractivity contribution in [3.63, 3.8) is 0 Å². The summed E-state index contributed by atoms with van der Waals surface area (Å²) < 4.78 is 5.02. The summed E-state index contributed by atoms with van der Waals surface area (Å²) in [5, 5.41) is 3.34. The first-order valence-corrected chi connectivity index (χ1v) is 6.08. The van der Waals surface area contributed by atoms with Gasteiger partial charge in [-0.25, -0.2) is 0 Å². The Kier molecular flexibility index (Phi) is 4.85. The Labute approximate surface area is 116 Å². The second kappa shape index (κ2) is 5.78. The fraction of sp³-hybridized carbons (Fsp3) is 0.417. The van der Waals surface area contributed by atoms with Crippen LogP contribution in [-0.2, 0) is 4.74 Å². The number of hydrogen-bond acceptors (Lipinski definition) is 3. The molecule has 18 heavy (non-hydrogen) atoms. The lowest BCUT2D eigenvalue weighted by Crippen LogP contribution is -2.46. The summed E-state index contributed by atoms with van der Waals surface area (Å²) in [6.07, 6.45) is 0. The van der Waals surface area contributed by atoms with E-state index >= 15 is 0 Å². The van der Waals surface area contributed by atoms with E-state index in [0.29, 0.717) is 12.2 Å². The van der Waals surface area contributed by atoms with Crippen molar-refractivity contribution in [1.82, 2.24) is 5.32 Å². The molecule has 0 fully saturated rings. The van der Waals surface area contributed by atoms with E-state index < -0.39 is 5.54 Å². The minimum absolute atomic E-state index is 0.254. The number of carbonyl (C=O) groups is 1. The molecule has 0 saturated carbocycles. The summed E-state index contributed by atoms with van der Waals surface area (Å²) in [6.45, 7) is 4.11. The van der Waals surface area contributed by atoms with Crippen molar-refractivity contribution in [3.05, 3.63) is 27.7 Å². The number of nitrogens with one attached hydrogen (secondary N) is 1. The van der Waals surface area contributed by atoms with E-state index in [4.69, 9.17) is 33.7 Å². The summed E-state index contributed by atoms with van der Waals surface area (Å²) in [5.74, 6) is -0.276. The average Bonchev–Trinajstić information content (AvgIpc) is 2.24. The van der Waals surface area contributed by atoms with Crippen molar-refractivity contribution < 1.29 is 9.53 Å². The quantitative estimate of drug-likeness (QED) is 0.838. The molecule has 0 aliphatic rings. The van der Waals surface area contributed by atoms with Gasteiger partial charge < -0.3 is 15.8 Å². The Hall–Kier alpha value is -0.970. The number of methoxy groups -OCH3 is 1. The van der Waals surface area contributed by atoms with E-state index in [9.17, 15) is 4.79 Å². The Morgan fingerprint density at radius 2 is 2.06 bits per heavy atom. The molecule has 0 aliphatic heterocycles. The highest BCUT2D eigenvalue weighted by Crippen LogP contribution is 2.29. The molecule has 0 atom stereocenters. The highest BCUT2D eigenvalue weighted by Gasteiger charge is 2.21. The molecule has 0 bridgehead atoms. The highest BCUT2D eigenvalue weighted by atomic mass is 35.5. The van der Waals surface area contributed by atoms with Gasteiger partial charge in [-0.15, -0.1) is 0 Å². The molecule has 0 radical (unpaired) electrons. The third-order valence-electron chi connectivity index (χ3n) is 2.28. The van der Waals surface area contributed by atoms with Gasteiger partial charge in [0, 0.05) is 12.7 Å². The maximum atomic E-state index is 12.0. The molecule has 3 N–H and O–H groups in total. The van der Waals surface area contributed by atoms with Gasteiger partial charge in [0.05, 0.1) is 27.9 Å². The van der Waals surface area contributed by atoms with Crippen molar-refractivity contribution in [2.24, 2.45) is 0 Å². The maximum absolute atomic E-state index is 12.0. The molecule has 1 rings (SSSR count). The van der Waals surface area contributed by atoms with Crippen LogP contribution in [0, 0.1) is 0 Å². The van der Waals surface area contributed by atoms with Gasteiger partial charge in [0.1, 0.15) is 0 Å². The van der Waals surface area contributed by atoms with E-state index in [-0.39, 0.29) is 21.6 Å². The molecule has 100 valence electrons. The molecule has 1 aromatic rings. The summed E-state index contributed by atoms with van der Waals surface area (Å²) in [5.41, 5.74) is 5.82. The molecule has 4 nitrogen and oxygen atoms in total. The van der Waals surface area contributed by atoms with Gasteiger partial charge in [0.2, 0.25) is 0 Å². The molecule has 0 aliphatic carbocycles. The van der Waals surface area contributed by atoms with Crippen molar-refractivity contribution in [2.75, 3.05) is 19.5 Å². The SMILES string of the molecule is COCC(C)(C)NC(=O)c1cc(N)c(Cl)c(Cl)c1. The molecule has 0 spiro atoms. The van der Waals surface area contributed by atoms with Gasteiger partial charge in [-0.1, -0.05) is 23.2 Å². The topological polar surface area (TPSA) is 64.3 Å². The van der Waals surface area contributed by atoms with Crippen LogP contribution < -0.4 is 11.1 Å². The highest BCUT2D eigenvalue weighted by molar-refractivity contribution is 6.43. The van der Waals surface area contributed by atoms with Crippen molar-refractivity contribution >= 4 is 34.8 Å². The third-order valence-corrected chi connectivity index (χ3v) is 3.09. The van der Waals surface area contributed by atoms with Crippen molar-refractivity contribution in [3.8, 4) is 0 Å². The van der Waals surface area contributed by atoms with Crippen LogP contribution in [0.1, 0.15) is 24.2 Å². The predicted octanol–water partition coefficient (Wildman–Crippen LogP) is 2.73. The molecule has 0 saturated heterocycles. The second-order valence-electron chi connectivity index (χ2n) is 4.63. The molecule has 1 amide bonds. The fourth-order valence-corrected chi connectivity index (χ4v) is 1.85. The number of anilines is 1. The Morgan fingerprint density at radius 3 is 2.56 bits per heavy atom. The van der Waals surface area contributed by atoms with E-state index in [0.717, 1.165) is 0 Å². The number of amides is 1. The summed E-state index contributed by atoms with van der Waals surface area (Å²) in [4.78, 5) is 12.0. The molecule has 0 heterocycles. The molecule has 0 unspecified atom stereocenters. The lowest BCUT2D eigenvalue weighted by molar-refractivity contribution is 0.0820. The fourth-order valence-electron chi connectivity index (χ4n) is 1.52. The predicted molar refractivity (Wildman–Crippen MR) is 74.3 cm³/mol. The summed E-state index contributed by atoms with van der Waals surface area (Å²) in [7, 11) is 1.57. The van der Waals surface area contributed by atoms with Crippen molar-refractivity contribution in [2.45, 2.75) is 19.4 Å². The smallest absolute Gasteiger partial charge is 0.251 e. The Morgan fingerprint density at radius 1 is 1.44 bits per heavy atom. The lowest BCUT2D eigenvalue weighted by atomic mass is 10.1. The van der Waals surface area contributed by atoms with E-state index in [1.807, 2.05) is 13.8 Å². The first-order chi connectivity index (χ1) is 8.26. The maximum Gasteiger partial charge on any atom is 0.251 e. The van der Waals surface area contributed by atoms with Crippen LogP contribution in [0.25, 0.3) is 0 Å². The van der Waals surface area contributed by atoms with Crippen LogP contribution in [0.5, 0.6) is 0 Å². The van der Waals surface area contributed by atoms with Gasteiger partial charge in [0.15, 0.2) is 0 Å².